The topological polar surface area (TPSA) is 80.0 Å². The minimum absolute atomic E-state index is 0.0452. The number of benzene rings is 1. The van der Waals surface area contributed by atoms with Crippen molar-refractivity contribution in [3.05, 3.63) is 29.8 Å². The van der Waals surface area contributed by atoms with Crippen molar-refractivity contribution in [2.45, 2.75) is 0 Å². The smallest absolute Gasteiger partial charge is 0.211 e. The first kappa shape index (κ1) is 11.0. The van der Waals surface area contributed by atoms with E-state index in [1.54, 1.807) is 6.21 Å². The van der Waals surface area contributed by atoms with Crippen molar-refractivity contribution in [2.75, 3.05) is 19.0 Å². The van der Waals surface area contributed by atoms with E-state index in [2.05, 4.69) is 10.2 Å². The maximum Gasteiger partial charge on any atom is 0.211 e. The van der Waals surface area contributed by atoms with Gasteiger partial charge in [0.2, 0.25) is 5.96 Å². The summed E-state index contributed by atoms with van der Waals surface area (Å²) in [6, 6.07) is 7.88. The Balaban J connectivity index is 2.73. The molecule has 4 N–H and O–H groups in total. The average Bonchev–Trinajstić information content (AvgIpc) is 2.18. The van der Waals surface area contributed by atoms with Gasteiger partial charge in [0.25, 0.3) is 0 Å². The molecule has 5 nitrogen and oxygen atoms in total. The predicted molar refractivity (Wildman–Crippen MR) is 64.2 cm³/mol. The first-order chi connectivity index (χ1) is 7.09. The van der Waals surface area contributed by atoms with Crippen LogP contribution in [0.15, 0.2) is 34.5 Å². The monoisotopic (exact) mass is 205 g/mol. The molecular formula is C10H15N5. The Morgan fingerprint density at radius 2 is 1.80 bits per heavy atom. The van der Waals surface area contributed by atoms with Gasteiger partial charge in [0.05, 0.1) is 6.21 Å². The van der Waals surface area contributed by atoms with Crippen molar-refractivity contribution in [3.8, 4) is 0 Å². The Labute approximate surface area is 89.1 Å². The van der Waals surface area contributed by atoms with Crippen LogP contribution in [-0.2, 0) is 0 Å². The molecular weight excluding hydrogens is 190 g/mol. The Hall–Kier alpha value is -2.04. The highest BCUT2D eigenvalue weighted by Crippen LogP contribution is 2.10. The summed E-state index contributed by atoms with van der Waals surface area (Å²) in [6.45, 7) is 0. The molecule has 0 aliphatic rings. The van der Waals surface area contributed by atoms with E-state index >= 15 is 0 Å². The summed E-state index contributed by atoms with van der Waals surface area (Å²) in [5, 5.41) is 7.22. The quantitative estimate of drug-likeness (QED) is 0.425. The van der Waals surface area contributed by atoms with Crippen LogP contribution in [0.4, 0.5) is 5.69 Å². The fraction of sp³-hybridized carbons (Fsp3) is 0.200. The highest BCUT2D eigenvalue weighted by atomic mass is 15.3. The Morgan fingerprint density at radius 1 is 1.20 bits per heavy atom. The third-order valence-corrected chi connectivity index (χ3v) is 1.79. The molecule has 1 aromatic rings. The first-order valence-corrected chi connectivity index (χ1v) is 4.49. The van der Waals surface area contributed by atoms with Gasteiger partial charge in [0.1, 0.15) is 0 Å². The van der Waals surface area contributed by atoms with Crippen LogP contribution < -0.4 is 16.4 Å². The molecule has 0 fully saturated rings. The summed E-state index contributed by atoms with van der Waals surface area (Å²) in [5.41, 5.74) is 12.3. The number of nitrogens with zero attached hydrogens (tertiary/aromatic N) is 3. The van der Waals surface area contributed by atoms with Gasteiger partial charge in [-0.2, -0.15) is 5.10 Å². The number of guanidine groups is 1. The second kappa shape index (κ2) is 4.99. The van der Waals surface area contributed by atoms with Crippen LogP contribution in [0.5, 0.6) is 0 Å². The minimum atomic E-state index is -0.0452. The van der Waals surface area contributed by atoms with Gasteiger partial charge in [0, 0.05) is 19.8 Å². The molecule has 0 aliphatic carbocycles. The van der Waals surface area contributed by atoms with Gasteiger partial charge in [-0.15, -0.1) is 5.10 Å². The molecule has 0 spiro atoms. The van der Waals surface area contributed by atoms with E-state index in [1.807, 2.05) is 43.3 Å². The van der Waals surface area contributed by atoms with Crippen molar-refractivity contribution in [1.29, 1.82) is 0 Å². The van der Waals surface area contributed by atoms with Crippen LogP contribution in [0.1, 0.15) is 5.56 Å². The van der Waals surface area contributed by atoms with Crippen molar-refractivity contribution < 1.29 is 0 Å². The van der Waals surface area contributed by atoms with E-state index in [9.17, 15) is 0 Å². The van der Waals surface area contributed by atoms with Crippen LogP contribution in [0.3, 0.4) is 0 Å². The number of rotatable bonds is 3. The second-order valence-corrected chi connectivity index (χ2v) is 3.26. The molecule has 80 valence electrons. The Kier molecular flexibility index (Phi) is 3.68. The number of hydrogen-bond acceptors (Lipinski definition) is 3. The molecule has 0 saturated carbocycles. The van der Waals surface area contributed by atoms with Crippen LogP contribution in [0, 0.1) is 0 Å². The van der Waals surface area contributed by atoms with E-state index in [4.69, 9.17) is 11.5 Å². The number of hydrogen-bond donors (Lipinski definition) is 2. The highest BCUT2D eigenvalue weighted by Gasteiger charge is 1.93. The lowest BCUT2D eigenvalue weighted by molar-refractivity contribution is 1.13. The molecule has 0 aromatic heterocycles. The zero-order valence-electron chi connectivity index (χ0n) is 8.88. The fourth-order valence-corrected chi connectivity index (χ4v) is 1.02. The zero-order valence-corrected chi connectivity index (χ0v) is 8.88. The van der Waals surface area contributed by atoms with Crippen LogP contribution >= 0.6 is 0 Å². The molecule has 0 unspecified atom stereocenters. The van der Waals surface area contributed by atoms with E-state index < -0.39 is 0 Å². The van der Waals surface area contributed by atoms with E-state index in [0.29, 0.717) is 0 Å². The predicted octanol–water partition coefficient (Wildman–Crippen LogP) is 0.360. The minimum Gasteiger partial charge on any atom is -0.378 e. The summed E-state index contributed by atoms with van der Waals surface area (Å²) in [4.78, 5) is 2.02. The lowest BCUT2D eigenvalue weighted by Gasteiger charge is -2.11. The van der Waals surface area contributed by atoms with Crippen LogP contribution in [0.25, 0.3) is 0 Å². The third-order valence-electron chi connectivity index (χ3n) is 1.79. The van der Waals surface area contributed by atoms with Crippen molar-refractivity contribution in [1.82, 2.24) is 0 Å². The molecule has 15 heavy (non-hydrogen) atoms. The summed E-state index contributed by atoms with van der Waals surface area (Å²) in [5.74, 6) is -0.0452. The van der Waals surface area contributed by atoms with Crippen molar-refractivity contribution in [2.24, 2.45) is 21.7 Å². The molecule has 1 rings (SSSR count). The normalized spacial score (nSPS) is 10.3. The van der Waals surface area contributed by atoms with Crippen molar-refractivity contribution >= 4 is 17.9 Å². The molecule has 1 aromatic carbocycles. The second-order valence-electron chi connectivity index (χ2n) is 3.26. The summed E-state index contributed by atoms with van der Waals surface area (Å²) >= 11 is 0. The molecule has 0 aliphatic heterocycles. The molecule has 0 atom stereocenters. The summed E-state index contributed by atoms with van der Waals surface area (Å²) < 4.78 is 0. The van der Waals surface area contributed by atoms with Gasteiger partial charge >= 0.3 is 0 Å². The number of nitrogens with two attached hydrogens (primary N) is 2. The maximum absolute atomic E-state index is 5.13. The van der Waals surface area contributed by atoms with Gasteiger partial charge < -0.3 is 16.4 Å². The Morgan fingerprint density at radius 3 is 2.27 bits per heavy atom. The van der Waals surface area contributed by atoms with Crippen LogP contribution in [-0.4, -0.2) is 26.3 Å². The summed E-state index contributed by atoms with van der Waals surface area (Å²) in [6.07, 6.45) is 1.60. The molecule has 5 heteroatoms. The van der Waals surface area contributed by atoms with Crippen LogP contribution in [0.2, 0.25) is 0 Å². The molecule has 0 heterocycles. The molecule has 0 saturated heterocycles. The van der Waals surface area contributed by atoms with E-state index in [1.165, 1.54) is 0 Å². The zero-order chi connectivity index (χ0) is 11.3. The molecule has 0 radical (unpaired) electrons. The van der Waals surface area contributed by atoms with E-state index in [-0.39, 0.29) is 5.96 Å². The van der Waals surface area contributed by atoms with Gasteiger partial charge in [-0.25, -0.2) is 0 Å². The Bertz CT molecular complexity index is 360. The SMILES string of the molecule is CN(C)c1ccc(/C=N/N=C(N)N)cc1. The average molecular weight is 205 g/mol. The highest BCUT2D eigenvalue weighted by molar-refractivity contribution is 5.82. The van der Waals surface area contributed by atoms with Gasteiger partial charge in [0.15, 0.2) is 0 Å². The third kappa shape index (κ3) is 3.68. The standard InChI is InChI=1S/C10H15N5/c1-15(2)9-5-3-8(4-6-9)7-13-14-10(11)12/h3-7H,1-2H3,(H4,11,12,14)/b13-7+. The summed E-state index contributed by atoms with van der Waals surface area (Å²) in [7, 11) is 3.98. The van der Waals surface area contributed by atoms with Crippen molar-refractivity contribution in [3.63, 3.8) is 0 Å². The van der Waals surface area contributed by atoms with Gasteiger partial charge in [-0.1, -0.05) is 12.1 Å². The maximum atomic E-state index is 5.13. The number of anilines is 1. The fourth-order valence-electron chi connectivity index (χ4n) is 1.02. The lowest BCUT2D eigenvalue weighted by atomic mass is 10.2. The molecule has 0 amide bonds. The van der Waals surface area contributed by atoms with Gasteiger partial charge in [-0.3, -0.25) is 0 Å². The molecule has 0 bridgehead atoms. The van der Waals surface area contributed by atoms with E-state index in [0.717, 1.165) is 11.3 Å². The lowest BCUT2D eigenvalue weighted by Crippen LogP contribution is -2.21. The van der Waals surface area contributed by atoms with Gasteiger partial charge in [-0.05, 0) is 17.7 Å². The largest absolute Gasteiger partial charge is 0.378 e. The first-order valence-electron chi connectivity index (χ1n) is 4.49.